The molecule has 0 atom stereocenters. The van der Waals surface area contributed by atoms with Gasteiger partial charge in [0.05, 0.1) is 8.07 Å². The van der Waals surface area contributed by atoms with Gasteiger partial charge in [0.1, 0.15) is 0 Å². The molecule has 0 bridgehead atoms. The van der Waals surface area contributed by atoms with E-state index in [0.29, 0.717) is 23.1 Å². The first-order valence-corrected chi connectivity index (χ1v) is 12.3. The van der Waals surface area contributed by atoms with Gasteiger partial charge >= 0.3 is 0 Å². The van der Waals surface area contributed by atoms with E-state index in [1.165, 1.54) is 5.19 Å². The lowest BCUT2D eigenvalue weighted by Crippen LogP contribution is -2.37. The van der Waals surface area contributed by atoms with Crippen LogP contribution < -0.4 is 5.19 Å². The summed E-state index contributed by atoms with van der Waals surface area (Å²) in [6.45, 7) is 6.86. The maximum atomic E-state index is 12.7. The van der Waals surface area contributed by atoms with Crippen molar-refractivity contribution >= 4 is 36.6 Å². The van der Waals surface area contributed by atoms with Crippen LogP contribution in [0.4, 0.5) is 0 Å². The van der Waals surface area contributed by atoms with E-state index < -0.39 is 8.07 Å². The predicted molar refractivity (Wildman–Crippen MR) is 99.0 cm³/mol. The first-order valence-electron chi connectivity index (χ1n) is 7.81. The fourth-order valence-corrected chi connectivity index (χ4v) is 4.86. The predicted octanol–water partition coefficient (Wildman–Crippen LogP) is 4.14. The molecular weight excluding hydrogens is 320 g/mol. The zero-order valence-electron chi connectivity index (χ0n) is 13.7. The third-order valence-electron chi connectivity index (χ3n) is 4.14. The van der Waals surface area contributed by atoms with Crippen molar-refractivity contribution < 1.29 is 9.59 Å². The van der Waals surface area contributed by atoms with Crippen molar-refractivity contribution in [1.82, 2.24) is 0 Å². The summed E-state index contributed by atoms with van der Waals surface area (Å²) in [6.07, 6.45) is 0.556. The van der Waals surface area contributed by atoms with Crippen LogP contribution in [-0.2, 0) is 0 Å². The van der Waals surface area contributed by atoms with Crippen molar-refractivity contribution in [2.24, 2.45) is 0 Å². The van der Waals surface area contributed by atoms with Crippen LogP contribution >= 0.6 is 11.8 Å². The Morgan fingerprint density at radius 3 is 2.30 bits per heavy atom. The van der Waals surface area contributed by atoms with Crippen molar-refractivity contribution in [2.75, 3.05) is 5.75 Å². The van der Waals surface area contributed by atoms with Crippen LogP contribution in [-0.4, -0.2) is 25.4 Å². The zero-order chi connectivity index (χ0) is 16.6. The molecule has 0 N–H and O–H groups in total. The fourth-order valence-electron chi connectivity index (χ4n) is 2.69. The first-order chi connectivity index (χ1) is 10.9. The molecule has 2 nitrogen and oxygen atoms in total. The average Bonchev–Trinajstić information content (AvgIpc) is 2.54. The maximum Gasteiger partial charge on any atom is 0.193 e. The van der Waals surface area contributed by atoms with Crippen LogP contribution in [0.2, 0.25) is 19.6 Å². The van der Waals surface area contributed by atoms with Gasteiger partial charge in [-0.15, -0.1) is 11.8 Å². The summed E-state index contributed by atoms with van der Waals surface area (Å²) in [5.74, 6) is 0.956. The number of carbonyl (C=O) groups is 2. The summed E-state index contributed by atoms with van der Waals surface area (Å²) in [7, 11) is -1.36. The van der Waals surface area contributed by atoms with Crippen molar-refractivity contribution in [3.63, 3.8) is 0 Å². The van der Waals surface area contributed by atoms with Gasteiger partial charge in [-0.3, -0.25) is 9.59 Å². The van der Waals surface area contributed by atoms with Crippen molar-refractivity contribution in [1.29, 1.82) is 0 Å². The Balaban J connectivity index is 1.92. The molecule has 2 aromatic rings. The lowest BCUT2D eigenvalue weighted by molar-refractivity contribution is 0.0985. The molecule has 0 saturated heterocycles. The lowest BCUT2D eigenvalue weighted by atomic mass is 9.99. The average molecular weight is 341 g/mol. The van der Waals surface area contributed by atoms with E-state index in [1.807, 2.05) is 24.3 Å². The standard InChI is InChI=1S/C19H20O2SSi/c1-23(2,3)15-7-4-13(5-8-15)19(21)14-6-9-18-16(12-14)17(20)10-11-22-18/h4-9,12H,10-11H2,1-3H3. The zero-order valence-corrected chi connectivity index (χ0v) is 15.5. The van der Waals surface area contributed by atoms with Crippen molar-refractivity contribution in [3.05, 3.63) is 59.2 Å². The molecule has 0 amide bonds. The second-order valence-electron chi connectivity index (χ2n) is 6.89. The summed E-state index contributed by atoms with van der Waals surface area (Å²) in [6, 6.07) is 13.5. The molecule has 4 heteroatoms. The number of thioether (sulfide) groups is 1. The Bertz CT molecular complexity index is 773. The van der Waals surface area contributed by atoms with Crippen LogP contribution in [0.5, 0.6) is 0 Å². The van der Waals surface area contributed by atoms with Crippen LogP contribution in [0.3, 0.4) is 0 Å². The minimum absolute atomic E-state index is 0.0155. The number of rotatable bonds is 3. The van der Waals surface area contributed by atoms with Gasteiger partial charge < -0.3 is 0 Å². The third-order valence-corrected chi connectivity index (χ3v) is 7.28. The summed E-state index contributed by atoms with van der Waals surface area (Å²) >= 11 is 1.69. The van der Waals surface area contributed by atoms with Crippen molar-refractivity contribution in [3.8, 4) is 0 Å². The van der Waals surface area contributed by atoms with E-state index in [0.717, 1.165) is 10.6 Å². The molecule has 118 valence electrons. The highest BCUT2D eigenvalue weighted by atomic mass is 32.2. The maximum absolute atomic E-state index is 12.7. The molecule has 1 aliphatic rings. The number of benzene rings is 2. The van der Waals surface area contributed by atoms with Crippen LogP contribution in [0.15, 0.2) is 47.4 Å². The normalized spacial score (nSPS) is 14.5. The van der Waals surface area contributed by atoms with E-state index in [2.05, 4.69) is 31.8 Å². The SMILES string of the molecule is C[Si](C)(C)c1ccc(C(=O)c2ccc3c(c2)C(=O)CCS3)cc1. The molecule has 0 aromatic heterocycles. The van der Waals surface area contributed by atoms with Gasteiger partial charge in [-0.25, -0.2) is 0 Å². The fraction of sp³-hybridized carbons (Fsp3) is 0.263. The molecule has 0 spiro atoms. The van der Waals surface area contributed by atoms with E-state index in [9.17, 15) is 9.59 Å². The third kappa shape index (κ3) is 3.33. The highest BCUT2D eigenvalue weighted by Crippen LogP contribution is 2.31. The minimum atomic E-state index is -1.36. The number of hydrogen-bond acceptors (Lipinski definition) is 3. The lowest BCUT2D eigenvalue weighted by Gasteiger charge is -2.17. The Morgan fingerprint density at radius 2 is 1.65 bits per heavy atom. The molecule has 0 saturated carbocycles. The van der Waals surface area contributed by atoms with Crippen LogP contribution in [0.25, 0.3) is 0 Å². The summed E-state index contributed by atoms with van der Waals surface area (Å²) in [4.78, 5) is 25.7. The van der Waals surface area contributed by atoms with E-state index in [-0.39, 0.29) is 11.6 Å². The van der Waals surface area contributed by atoms with Gasteiger partial charge in [-0.1, -0.05) is 49.1 Å². The number of carbonyl (C=O) groups excluding carboxylic acids is 2. The molecule has 1 aliphatic heterocycles. The summed E-state index contributed by atoms with van der Waals surface area (Å²) < 4.78 is 0. The van der Waals surface area contributed by atoms with Gasteiger partial charge in [-0.05, 0) is 18.2 Å². The van der Waals surface area contributed by atoms with Crippen LogP contribution in [0.1, 0.15) is 32.7 Å². The second kappa shape index (κ2) is 6.10. The summed E-state index contributed by atoms with van der Waals surface area (Å²) in [5.41, 5.74) is 1.98. The second-order valence-corrected chi connectivity index (χ2v) is 13.1. The van der Waals surface area contributed by atoms with Gasteiger partial charge in [0.15, 0.2) is 11.6 Å². The molecule has 0 radical (unpaired) electrons. The Kier molecular flexibility index (Phi) is 4.30. The molecule has 0 unspecified atom stereocenters. The van der Waals surface area contributed by atoms with Gasteiger partial charge in [0.25, 0.3) is 0 Å². The Hall–Kier alpha value is -1.65. The van der Waals surface area contributed by atoms with Gasteiger partial charge in [-0.2, -0.15) is 0 Å². The van der Waals surface area contributed by atoms with E-state index >= 15 is 0 Å². The van der Waals surface area contributed by atoms with E-state index in [1.54, 1.807) is 17.8 Å². The quantitative estimate of drug-likeness (QED) is 0.622. The molecule has 0 fully saturated rings. The number of Topliss-reactive ketones (excluding diaryl/α,β-unsaturated/α-hetero) is 1. The summed E-state index contributed by atoms with van der Waals surface area (Å²) in [5, 5.41) is 1.34. The first kappa shape index (κ1) is 16.2. The molecule has 23 heavy (non-hydrogen) atoms. The number of hydrogen-bond donors (Lipinski definition) is 0. The molecule has 2 aromatic carbocycles. The Morgan fingerprint density at radius 1 is 1.00 bits per heavy atom. The molecule has 3 rings (SSSR count). The van der Waals surface area contributed by atoms with Gasteiger partial charge in [0, 0.05) is 33.8 Å². The molecule has 0 aliphatic carbocycles. The molecular formula is C19H20O2SSi. The Labute approximate surface area is 142 Å². The highest BCUT2D eigenvalue weighted by Gasteiger charge is 2.21. The monoisotopic (exact) mass is 340 g/mol. The van der Waals surface area contributed by atoms with E-state index in [4.69, 9.17) is 0 Å². The topological polar surface area (TPSA) is 34.1 Å². The van der Waals surface area contributed by atoms with Gasteiger partial charge in [0.2, 0.25) is 0 Å². The van der Waals surface area contributed by atoms with Crippen LogP contribution in [0, 0.1) is 0 Å². The highest BCUT2D eigenvalue weighted by molar-refractivity contribution is 7.99. The van der Waals surface area contributed by atoms with Crippen molar-refractivity contribution in [2.45, 2.75) is 31.0 Å². The smallest absolute Gasteiger partial charge is 0.193 e. The minimum Gasteiger partial charge on any atom is -0.294 e. The largest absolute Gasteiger partial charge is 0.294 e. The molecule has 1 heterocycles. The number of fused-ring (bicyclic) bond motifs is 1. The number of ketones is 2.